The van der Waals surface area contributed by atoms with Crippen LogP contribution in [0.3, 0.4) is 0 Å². The van der Waals surface area contributed by atoms with Crippen LogP contribution in [0.15, 0.2) is 67.0 Å². The van der Waals surface area contributed by atoms with Crippen molar-refractivity contribution in [2.75, 3.05) is 0 Å². The Balaban J connectivity index is 1.73. The van der Waals surface area contributed by atoms with Crippen molar-refractivity contribution in [1.82, 2.24) is 4.98 Å². The number of aliphatic hydroxyl groups excluding tert-OH is 1. The fourth-order valence-corrected chi connectivity index (χ4v) is 4.04. The van der Waals surface area contributed by atoms with Gasteiger partial charge in [-0.3, -0.25) is 9.78 Å². The number of ether oxygens (including phenoxy) is 2. The van der Waals surface area contributed by atoms with Crippen LogP contribution in [0.1, 0.15) is 49.3 Å². The third-order valence-corrected chi connectivity index (χ3v) is 5.78. The van der Waals surface area contributed by atoms with E-state index >= 15 is 0 Å². The van der Waals surface area contributed by atoms with Crippen LogP contribution < -0.4 is 4.74 Å². The molecule has 0 bridgehead atoms. The zero-order valence-electron chi connectivity index (χ0n) is 19.3. The smallest absolute Gasteiger partial charge is 0.309 e. The zero-order chi connectivity index (χ0) is 24.1. The number of cyclic esters (lactones) is 1. The third kappa shape index (κ3) is 5.88. The van der Waals surface area contributed by atoms with Crippen molar-refractivity contribution >= 4 is 12.0 Å². The number of benzene rings is 2. The summed E-state index contributed by atoms with van der Waals surface area (Å²) in [5.74, 6) is 0.161. The molecule has 176 valence electrons. The van der Waals surface area contributed by atoms with E-state index in [0.717, 1.165) is 27.8 Å². The lowest BCUT2D eigenvalue weighted by atomic mass is 9.89. The lowest BCUT2D eigenvalue weighted by Crippen LogP contribution is -2.31. The molecule has 1 saturated heterocycles. The molecule has 1 N–H and O–H groups in total. The fraction of sp³-hybridized carbons (Fsp3) is 0.286. The molecule has 0 saturated carbocycles. The lowest BCUT2D eigenvalue weighted by molar-refractivity contribution is -0.156. The minimum absolute atomic E-state index is 0.0198. The monoisotopic (exact) mass is 461 g/mol. The van der Waals surface area contributed by atoms with Crippen LogP contribution in [0.4, 0.5) is 4.39 Å². The number of carbonyl (C=O) groups excluding carboxylic acids is 1. The van der Waals surface area contributed by atoms with Gasteiger partial charge in [-0.1, -0.05) is 32.1 Å². The van der Waals surface area contributed by atoms with Crippen molar-refractivity contribution in [3.63, 3.8) is 0 Å². The van der Waals surface area contributed by atoms with Gasteiger partial charge in [-0.25, -0.2) is 4.39 Å². The Morgan fingerprint density at radius 1 is 1.18 bits per heavy atom. The molecule has 2 atom stereocenters. The summed E-state index contributed by atoms with van der Waals surface area (Å²) in [5.41, 5.74) is 4.72. The van der Waals surface area contributed by atoms with Gasteiger partial charge in [0.25, 0.3) is 0 Å². The van der Waals surface area contributed by atoms with E-state index in [2.05, 4.69) is 18.8 Å². The van der Waals surface area contributed by atoms with Crippen LogP contribution in [-0.4, -0.2) is 28.3 Å². The molecule has 0 unspecified atom stereocenters. The Labute approximate surface area is 198 Å². The highest BCUT2D eigenvalue weighted by Gasteiger charge is 2.25. The van der Waals surface area contributed by atoms with E-state index in [9.17, 15) is 14.3 Å². The molecule has 0 amide bonds. The molecule has 3 aromatic rings. The molecule has 4 rings (SSSR count). The highest BCUT2D eigenvalue weighted by atomic mass is 19.1. The Bertz CT molecular complexity index is 1160. The molecule has 1 aliphatic heterocycles. The Hall–Kier alpha value is -3.51. The predicted octanol–water partition coefficient (Wildman–Crippen LogP) is 5.67. The van der Waals surface area contributed by atoms with Crippen LogP contribution in [0.25, 0.3) is 17.2 Å². The average Bonchev–Trinajstić information content (AvgIpc) is 2.82. The van der Waals surface area contributed by atoms with Gasteiger partial charge in [0.05, 0.1) is 12.5 Å². The molecule has 6 heteroatoms. The molecule has 2 heterocycles. The van der Waals surface area contributed by atoms with E-state index in [1.807, 2.05) is 36.4 Å². The molecule has 5 nitrogen and oxygen atoms in total. The second kappa shape index (κ2) is 10.6. The third-order valence-electron chi connectivity index (χ3n) is 5.78. The van der Waals surface area contributed by atoms with Crippen molar-refractivity contribution in [2.24, 2.45) is 0 Å². The van der Waals surface area contributed by atoms with Crippen LogP contribution in [0, 0.1) is 5.82 Å². The summed E-state index contributed by atoms with van der Waals surface area (Å²) in [6.45, 7) is 4.59. The fourth-order valence-electron chi connectivity index (χ4n) is 4.04. The number of hydrogen-bond donors (Lipinski definition) is 1. The molecule has 2 aromatic carbocycles. The van der Waals surface area contributed by atoms with Crippen molar-refractivity contribution in [3.8, 4) is 16.9 Å². The van der Waals surface area contributed by atoms with Gasteiger partial charge < -0.3 is 14.6 Å². The Kier molecular flexibility index (Phi) is 7.38. The molecule has 1 aliphatic rings. The summed E-state index contributed by atoms with van der Waals surface area (Å²) in [6.07, 6.45) is 6.37. The van der Waals surface area contributed by atoms with Crippen molar-refractivity contribution in [1.29, 1.82) is 0 Å². The van der Waals surface area contributed by atoms with Crippen LogP contribution in [0.2, 0.25) is 0 Å². The van der Waals surface area contributed by atoms with Gasteiger partial charge in [-0.05, 0) is 76.2 Å². The normalized spacial score (nSPS) is 18.3. The number of aliphatic hydroxyl groups is 1. The minimum Gasteiger partial charge on any atom is -0.489 e. The summed E-state index contributed by atoms with van der Waals surface area (Å²) < 4.78 is 25.2. The van der Waals surface area contributed by atoms with E-state index in [0.29, 0.717) is 18.8 Å². The van der Waals surface area contributed by atoms with Crippen LogP contribution >= 0.6 is 0 Å². The minimum atomic E-state index is -0.707. The topological polar surface area (TPSA) is 68.7 Å². The number of esters is 1. The van der Waals surface area contributed by atoms with Gasteiger partial charge in [0, 0.05) is 18.8 Å². The lowest BCUT2D eigenvalue weighted by Gasteiger charge is -2.24. The van der Waals surface area contributed by atoms with Gasteiger partial charge in [-0.2, -0.15) is 0 Å². The predicted molar refractivity (Wildman–Crippen MR) is 129 cm³/mol. The van der Waals surface area contributed by atoms with Gasteiger partial charge >= 0.3 is 5.97 Å². The first kappa shape index (κ1) is 23.6. The maximum absolute atomic E-state index is 13.6. The summed E-state index contributed by atoms with van der Waals surface area (Å²) in [4.78, 5) is 15.8. The molecular formula is C28H28FNO4. The Morgan fingerprint density at radius 2 is 1.91 bits per heavy atom. The summed E-state index contributed by atoms with van der Waals surface area (Å²) in [7, 11) is 0. The molecule has 1 aromatic heterocycles. The first-order chi connectivity index (χ1) is 16.4. The van der Waals surface area contributed by atoms with E-state index in [4.69, 9.17) is 9.47 Å². The van der Waals surface area contributed by atoms with Crippen molar-refractivity contribution in [2.45, 2.75) is 51.4 Å². The molecule has 0 aliphatic carbocycles. The number of pyridine rings is 1. The van der Waals surface area contributed by atoms with Crippen LogP contribution in [-0.2, 0) is 16.1 Å². The SMILES string of the molecule is CC(C)c1cc(OCc2ccncc2)cc(-c2ccc(F)cc2)c1/C=C/[C@@H]1C[C@@H](O)CC(=O)O1. The average molecular weight is 462 g/mol. The maximum Gasteiger partial charge on any atom is 0.309 e. The van der Waals surface area contributed by atoms with E-state index in [1.54, 1.807) is 24.5 Å². The zero-order valence-corrected chi connectivity index (χ0v) is 19.3. The molecular weight excluding hydrogens is 433 g/mol. The largest absolute Gasteiger partial charge is 0.489 e. The first-order valence-electron chi connectivity index (χ1n) is 11.4. The number of rotatable bonds is 7. The highest BCUT2D eigenvalue weighted by molar-refractivity contribution is 5.79. The van der Waals surface area contributed by atoms with E-state index in [-0.39, 0.29) is 18.2 Å². The maximum atomic E-state index is 13.6. The van der Waals surface area contributed by atoms with Gasteiger partial charge in [0.1, 0.15) is 24.3 Å². The molecule has 0 radical (unpaired) electrons. The van der Waals surface area contributed by atoms with Gasteiger partial charge in [0.15, 0.2) is 0 Å². The van der Waals surface area contributed by atoms with Crippen molar-refractivity contribution < 1.29 is 23.8 Å². The van der Waals surface area contributed by atoms with Gasteiger partial charge in [0.2, 0.25) is 0 Å². The second-order valence-corrected chi connectivity index (χ2v) is 8.76. The number of carbonyl (C=O) groups is 1. The highest BCUT2D eigenvalue weighted by Crippen LogP contribution is 2.36. The van der Waals surface area contributed by atoms with Gasteiger partial charge in [-0.15, -0.1) is 0 Å². The number of aromatic nitrogens is 1. The number of halogens is 1. The second-order valence-electron chi connectivity index (χ2n) is 8.76. The number of nitrogens with zero attached hydrogens (tertiary/aromatic N) is 1. The molecule has 34 heavy (non-hydrogen) atoms. The summed E-state index contributed by atoms with van der Waals surface area (Å²) in [6, 6.07) is 14.1. The van der Waals surface area contributed by atoms with Crippen molar-refractivity contribution in [3.05, 3.63) is 89.5 Å². The number of hydrogen-bond acceptors (Lipinski definition) is 5. The molecule has 1 fully saturated rings. The van der Waals surface area contributed by atoms with E-state index in [1.165, 1.54) is 12.1 Å². The summed E-state index contributed by atoms with van der Waals surface area (Å²) >= 11 is 0. The Morgan fingerprint density at radius 3 is 2.59 bits per heavy atom. The van der Waals surface area contributed by atoms with E-state index < -0.39 is 18.2 Å². The summed E-state index contributed by atoms with van der Waals surface area (Å²) in [5, 5.41) is 9.95. The standard InChI is InChI=1S/C28H28FNO4/c1-18(2)26-15-24(33-17-19-9-11-30-12-10-19)16-27(20-3-5-21(29)6-4-20)25(26)8-7-23-13-22(31)14-28(32)34-23/h3-12,15-16,18,22-23,31H,13-14,17H2,1-2H3/b8-7+/t22-,23-/m1/s1. The first-order valence-corrected chi connectivity index (χ1v) is 11.4. The quantitative estimate of drug-likeness (QED) is 0.459. The van der Waals surface area contributed by atoms with Crippen LogP contribution in [0.5, 0.6) is 5.75 Å². The molecule has 0 spiro atoms.